The van der Waals surface area contributed by atoms with E-state index in [0.29, 0.717) is 0 Å². The van der Waals surface area contributed by atoms with Crippen LogP contribution in [0.25, 0.3) is 10.9 Å². The summed E-state index contributed by atoms with van der Waals surface area (Å²) >= 11 is 3.56. The van der Waals surface area contributed by atoms with Crippen molar-refractivity contribution in [3.63, 3.8) is 0 Å². The summed E-state index contributed by atoms with van der Waals surface area (Å²) < 4.78 is 2.93. The van der Waals surface area contributed by atoms with Crippen molar-refractivity contribution < 1.29 is 0 Å². The molecule has 3 aromatic rings. The third-order valence-corrected chi connectivity index (χ3v) is 4.16. The average Bonchev–Trinajstić information content (AvgIpc) is 2.87. The van der Waals surface area contributed by atoms with Crippen LogP contribution >= 0.6 is 15.9 Å². The van der Waals surface area contributed by atoms with Gasteiger partial charge in [-0.05, 0) is 46.1 Å². The smallest absolute Gasteiger partial charge is 0.0738 e. The van der Waals surface area contributed by atoms with Gasteiger partial charge in [0.2, 0.25) is 0 Å². The van der Waals surface area contributed by atoms with Gasteiger partial charge in [-0.15, -0.1) is 0 Å². The van der Waals surface area contributed by atoms with Gasteiger partial charge in [0.1, 0.15) is 0 Å². The summed E-state index contributed by atoms with van der Waals surface area (Å²) in [5.41, 5.74) is 9.53. The van der Waals surface area contributed by atoms with E-state index in [1.54, 1.807) is 6.20 Å². The Morgan fingerprint density at radius 2 is 2.19 bits per heavy atom. The summed E-state index contributed by atoms with van der Waals surface area (Å²) in [5, 5.41) is 5.49. The molecule has 0 bridgehead atoms. The van der Waals surface area contributed by atoms with Gasteiger partial charge in [-0.1, -0.05) is 19.1 Å². The summed E-state index contributed by atoms with van der Waals surface area (Å²) in [6, 6.07) is 9.93. The Bertz CT molecular complexity index is 766. The molecule has 108 valence electrons. The summed E-state index contributed by atoms with van der Waals surface area (Å²) in [5.74, 6) is 0. The molecule has 3 rings (SSSR count). The molecular weight excluding hydrogens is 328 g/mol. The van der Waals surface area contributed by atoms with Crippen molar-refractivity contribution in [3.8, 4) is 0 Å². The van der Waals surface area contributed by atoms with E-state index in [1.807, 2.05) is 29.1 Å². The number of nitrogens with zero attached hydrogens (tertiary/aromatic N) is 3. The zero-order chi connectivity index (χ0) is 14.8. The van der Waals surface area contributed by atoms with Gasteiger partial charge in [-0.25, -0.2) is 0 Å². The van der Waals surface area contributed by atoms with Gasteiger partial charge < -0.3 is 5.73 Å². The van der Waals surface area contributed by atoms with Crippen LogP contribution in [0.3, 0.4) is 0 Å². The van der Waals surface area contributed by atoms with E-state index in [2.05, 4.69) is 45.1 Å². The van der Waals surface area contributed by atoms with Crippen LogP contribution in [0.2, 0.25) is 0 Å². The van der Waals surface area contributed by atoms with Crippen molar-refractivity contribution in [2.75, 3.05) is 0 Å². The Labute approximate surface area is 132 Å². The third kappa shape index (κ3) is 2.71. The van der Waals surface area contributed by atoms with E-state index in [-0.39, 0.29) is 6.04 Å². The molecule has 0 aliphatic rings. The molecule has 1 aromatic carbocycles. The number of aromatic nitrogens is 3. The van der Waals surface area contributed by atoms with Crippen LogP contribution in [-0.2, 0) is 6.54 Å². The van der Waals surface area contributed by atoms with E-state index in [1.165, 1.54) is 0 Å². The summed E-state index contributed by atoms with van der Waals surface area (Å²) in [4.78, 5) is 4.34. The minimum atomic E-state index is -0.210. The van der Waals surface area contributed by atoms with E-state index >= 15 is 0 Å². The molecule has 0 spiro atoms. The number of rotatable bonds is 4. The fourth-order valence-corrected chi connectivity index (χ4v) is 3.06. The second-order valence-electron chi connectivity index (χ2n) is 5.03. The van der Waals surface area contributed by atoms with Crippen LogP contribution < -0.4 is 5.73 Å². The highest BCUT2D eigenvalue weighted by Crippen LogP contribution is 2.28. The van der Waals surface area contributed by atoms with Gasteiger partial charge in [-0.3, -0.25) is 9.67 Å². The van der Waals surface area contributed by atoms with Crippen LogP contribution in [0.5, 0.6) is 0 Å². The van der Waals surface area contributed by atoms with Crippen molar-refractivity contribution in [2.24, 2.45) is 5.73 Å². The SMILES string of the molecule is CCCn1ncc(Br)c1C(N)c1ccc2ncccc2c1. The number of aryl methyl sites for hydroxylation is 1. The fraction of sp³-hybridized carbons (Fsp3) is 0.250. The lowest BCUT2D eigenvalue weighted by atomic mass is 10.0. The number of pyridine rings is 1. The van der Waals surface area contributed by atoms with Crippen LogP contribution in [-0.4, -0.2) is 14.8 Å². The second kappa shape index (κ2) is 5.95. The van der Waals surface area contributed by atoms with E-state index in [0.717, 1.165) is 39.6 Å². The maximum absolute atomic E-state index is 6.47. The minimum absolute atomic E-state index is 0.210. The van der Waals surface area contributed by atoms with E-state index in [4.69, 9.17) is 5.73 Å². The second-order valence-corrected chi connectivity index (χ2v) is 5.89. The van der Waals surface area contributed by atoms with Gasteiger partial charge in [0, 0.05) is 18.1 Å². The molecule has 2 heterocycles. The lowest BCUT2D eigenvalue weighted by Gasteiger charge is -2.16. The number of hydrogen-bond donors (Lipinski definition) is 1. The molecule has 0 fully saturated rings. The van der Waals surface area contributed by atoms with E-state index in [9.17, 15) is 0 Å². The number of hydrogen-bond acceptors (Lipinski definition) is 3. The quantitative estimate of drug-likeness (QED) is 0.785. The van der Waals surface area contributed by atoms with Crippen molar-refractivity contribution in [2.45, 2.75) is 25.9 Å². The molecule has 0 radical (unpaired) electrons. The molecule has 1 atom stereocenters. The summed E-state index contributed by atoms with van der Waals surface area (Å²) in [7, 11) is 0. The Kier molecular flexibility index (Phi) is 4.03. The van der Waals surface area contributed by atoms with Crippen molar-refractivity contribution in [1.29, 1.82) is 0 Å². The molecule has 2 N–H and O–H groups in total. The van der Waals surface area contributed by atoms with Crippen LogP contribution in [0.15, 0.2) is 47.2 Å². The van der Waals surface area contributed by atoms with Gasteiger partial charge in [0.25, 0.3) is 0 Å². The van der Waals surface area contributed by atoms with E-state index < -0.39 is 0 Å². The van der Waals surface area contributed by atoms with Crippen LogP contribution in [0, 0.1) is 0 Å². The molecule has 0 aliphatic heterocycles. The Balaban J connectivity index is 2.03. The van der Waals surface area contributed by atoms with Crippen molar-refractivity contribution in [1.82, 2.24) is 14.8 Å². The molecule has 21 heavy (non-hydrogen) atoms. The lowest BCUT2D eigenvalue weighted by molar-refractivity contribution is 0.559. The first-order chi connectivity index (χ1) is 10.2. The van der Waals surface area contributed by atoms with Gasteiger partial charge in [0.05, 0.1) is 27.9 Å². The molecular formula is C16H17BrN4. The normalized spacial score (nSPS) is 12.7. The monoisotopic (exact) mass is 344 g/mol. The standard InChI is InChI=1S/C16H17BrN4/c1-2-8-21-16(13(17)10-20-21)15(18)12-5-6-14-11(9-12)4-3-7-19-14/h3-7,9-10,15H,2,8,18H2,1H3. The highest BCUT2D eigenvalue weighted by atomic mass is 79.9. The Hall–Kier alpha value is -1.72. The molecule has 1 unspecified atom stereocenters. The predicted molar refractivity (Wildman–Crippen MR) is 88.0 cm³/mol. The van der Waals surface area contributed by atoms with Crippen molar-refractivity contribution in [3.05, 3.63) is 58.5 Å². The lowest BCUT2D eigenvalue weighted by Crippen LogP contribution is -2.18. The molecule has 5 heteroatoms. The molecule has 4 nitrogen and oxygen atoms in total. The summed E-state index contributed by atoms with van der Waals surface area (Å²) in [6.07, 6.45) is 4.64. The maximum atomic E-state index is 6.47. The molecule has 2 aromatic heterocycles. The highest BCUT2D eigenvalue weighted by molar-refractivity contribution is 9.10. The Morgan fingerprint density at radius 3 is 3.00 bits per heavy atom. The maximum Gasteiger partial charge on any atom is 0.0738 e. The fourth-order valence-electron chi connectivity index (χ4n) is 2.52. The zero-order valence-corrected chi connectivity index (χ0v) is 13.4. The van der Waals surface area contributed by atoms with Crippen molar-refractivity contribution >= 4 is 26.8 Å². The average molecular weight is 345 g/mol. The van der Waals surface area contributed by atoms with Gasteiger partial charge >= 0.3 is 0 Å². The van der Waals surface area contributed by atoms with Crippen LogP contribution in [0.4, 0.5) is 0 Å². The molecule has 0 aliphatic carbocycles. The first-order valence-corrected chi connectivity index (χ1v) is 7.81. The number of fused-ring (bicyclic) bond motifs is 1. The number of halogens is 1. The first kappa shape index (κ1) is 14.2. The first-order valence-electron chi connectivity index (χ1n) is 7.02. The largest absolute Gasteiger partial charge is 0.319 e. The van der Waals surface area contributed by atoms with Gasteiger partial charge in [-0.2, -0.15) is 5.10 Å². The molecule has 0 saturated carbocycles. The molecule has 0 saturated heterocycles. The molecule has 0 amide bonds. The summed E-state index contributed by atoms with van der Waals surface area (Å²) in [6.45, 7) is 3.00. The van der Waals surface area contributed by atoms with Gasteiger partial charge in [0.15, 0.2) is 0 Å². The minimum Gasteiger partial charge on any atom is -0.319 e. The number of benzene rings is 1. The Morgan fingerprint density at radius 1 is 1.33 bits per heavy atom. The third-order valence-electron chi connectivity index (χ3n) is 3.55. The van der Waals surface area contributed by atoms with Crippen LogP contribution in [0.1, 0.15) is 30.6 Å². The predicted octanol–water partition coefficient (Wildman–Crippen LogP) is 3.65. The highest BCUT2D eigenvalue weighted by Gasteiger charge is 2.18. The topological polar surface area (TPSA) is 56.7 Å². The number of nitrogens with two attached hydrogens (primary N) is 1. The zero-order valence-electron chi connectivity index (χ0n) is 11.8.